The molecule has 0 spiro atoms. The number of aromatic nitrogens is 1. The fraction of sp³-hybridized carbons (Fsp3) is 0.414. The summed E-state index contributed by atoms with van der Waals surface area (Å²) in [4.78, 5) is 7.62. The summed E-state index contributed by atoms with van der Waals surface area (Å²) in [5, 5.41) is 2.11. The molecule has 0 aliphatic heterocycles. The summed E-state index contributed by atoms with van der Waals surface area (Å²) in [6.45, 7) is 18.1. The Labute approximate surface area is 203 Å². The van der Waals surface area contributed by atoms with Gasteiger partial charge in [-0.2, -0.15) is 0 Å². The summed E-state index contributed by atoms with van der Waals surface area (Å²) < 4.78 is 0. The first-order chi connectivity index (χ1) is 15.2. The minimum Gasteiger partial charge on any atom is -0.234 e. The molecule has 0 N–H and O–H groups in total. The second-order valence-electron chi connectivity index (χ2n) is 9.73. The van der Waals surface area contributed by atoms with E-state index in [1.54, 1.807) is 23.5 Å². The number of hydrogen-bond donors (Lipinski definition) is 0. The van der Waals surface area contributed by atoms with Crippen LogP contribution in [-0.4, -0.2) is 4.98 Å². The lowest BCUT2D eigenvalue weighted by Crippen LogP contribution is -1.97. The van der Waals surface area contributed by atoms with Gasteiger partial charge in [-0.15, -0.1) is 0 Å². The van der Waals surface area contributed by atoms with Gasteiger partial charge < -0.3 is 0 Å². The van der Waals surface area contributed by atoms with E-state index in [9.17, 15) is 0 Å². The molecule has 2 aromatic carbocycles. The second-order valence-corrected chi connectivity index (χ2v) is 11.9. The van der Waals surface area contributed by atoms with Crippen molar-refractivity contribution in [1.82, 2.24) is 4.98 Å². The Kier molecular flexibility index (Phi) is 8.52. The highest BCUT2D eigenvalue weighted by Gasteiger charge is 2.14. The Hall–Kier alpha value is -1.71. The fourth-order valence-corrected chi connectivity index (χ4v) is 5.86. The Morgan fingerprint density at radius 3 is 1.28 bits per heavy atom. The highest BCUT2D eigenvalue weighted by atomic mass is 32.2. The molecule has 0 fully saturated rings. The van der Waals surface area contributed by atoms with Crippen molar-refractivity contribution in [3.8, 4) is 0 Å². The average molecular weight is 464 g/mol. The third-order valence-corrected chi connectivity index (χ3v) is 7.83. The van der Waals surface area contributed by atoms with Gasteiger partial charge in [0.25, 0.3) is 0 Å². The molecule has 0 bridgehead atoms. The predicted octanol–water partition coefficient (Wildman–Crippen LogP) is 9.88. The highest BCUT2D eigenvalue weighted by molar-refractivity contribution is 8.00. The largest absolute Gasteiger partial charge is 0.234 e. The number of nitrogens with zero attached hydrogens (tertiary/aromatic N) is 1. The quantitative estimate of drug-likeness (QED) is 0.330. The van der Waals surface area contributed by atoms with E-state index in [-0.39, 0.29) is 0 Å². The van der Waals surface area contributed by atoms with Gasteiger partial charge in [0.1, 0.15) is 10.1 Å². The molecule has 0 radical (unpaired) electrons. The molecule has 0 unspecified atom stereocenters. The third kappa shape index (κ3) is 6.20. The van der Waals surface area contributed by atoms with Crippen LogP contribution in [-0.2, 0) is 0 Å². The van der Waals surface area contributed by atoms with Crippen molar-refractivity contribution in [3.63, 3.8) is 0 Å². The lowest BCUT2D eigenvalue weighted by atomic mass is 9.96. The van der Waals surface area contributed by atoms with Gasteiger partial charge in [0, 0.05) is 9.79 Å². The molecule has 3 heteroatoms. The first-order valence-corrected chi connectivity index (χ1v) is 13.4. The van der Waals surface area contributed by atoms with Crippen molar-refractivity contribution >= 4 is 23.5 Å². The fourth-order valence-electron chi connectivity index (χ4n) is 3.68. The van der Waals surface area contributed by atoms with Crippen LogP contribution in [0.25, 0.3) is 0 Å². The van der Waals surface area contributed by atoms with E-state index < -0.39 is 0 Å². The van der Waals surface area contributed by atoms with Crippen LogP contribution in [0.2, 0.25) is 0 Å². The maximum atomic E-state index is 5.01. The lowest BCUT2D eigenvalue weighted by Gasteiger charge is -2.17. The number of hydrogen-bond acceptors (Lipinski definition) is 3. The maximum absolute atomic E-state index is 5.01. The van der Waals surface area contributed by atoms with Gasteiger partial charge in [-0.1, -0.05) is 109 Å². The molecule has 170 valence electrons. The smallest absolute Gasteiger partial charge is 0.102 e. The van der Waals surface area contributed by atoms with E-state index in [0.717, 1.165) is 10.1 Å². The lowest BCUT2D eigenvalue weighted by molar-refractivity contribution is 0.814. The van der Waals surface area contributed by atoms with Crippen molar-refractivity contribution in [2.24, 2.45) is 0 Å². The Bertz CT molecular complexity index is 970. The molecule has 0 aliphatic carbocycles. The molecule has 1 aromatic heterocycles. The van der Waals surface area contributed by atoms with Crippen molar-refractivity contribution in [2.45, 2.75) is 98.9 Å². The SMILES string of the molecule is CC(C)c1ccc(Sc2cccc(Sc3ccc(C(C)C)cc3C(C)C)n2)c(C(C)C)c1. The van der Waals surface area contributed by atoms with E-state index in [0.29, 0.717) is 23.7 Å². The summed E-state index contributed by atoms with van der Waals surface area (Å²) in [7, 11) is 0. The summed E-state index contributed by atoms with van der Waals surface area (Å²) in [5.74, 6) is 2.06. The summed E-state index contributed by atoms with van der Waals surface area (Å²) in [6, 6.07) is 20.2. The molecular weight excluding hydrogens is 426 g/mol. The van der Waals surface area contributed by atoms with E-state index in [2.05, 4.69) is 110 Å². The van der Waals surface area contributed by atoms with Crippen LogP contribution in [0.4, 0.5) is 0 Å². The number of pyridine rings is 1. The number of benzene rings is 2. The van der Waals surface area contributed by atoms with Crippen LogP contribution in [0.3, 0.4) is 0 Å². The van der Waals surface area contributed by atoms with Crippen molar-refractivity contribution in [3.05, 3.63) is 76.9 Å². The Morgan fingerprint density at radius 2 is 0.938 bits per heavy atom. The number of rotatable bonds is 8. The van der Waals surface area contributed by atoms with Crippen LogP contribution < -0.4 is 0 Å². The van der Waals surface area contributed by atoms with Gasteiger partial charge in [-0.05, 0) is 70.2 Å². The molecule has 3 aromatic rings. The molecular formula is C29H37NS2. The second kappa shape index (κ2) is 10.9. The third-order valence-electron chi connectivity index (χ3n) is 5.77. The molecule has 1 nitrogen and oxygen atoms in total. The van der Waals surface area contributed by atoms with Crippen LogP contribution in [0.5, 0.6) is 0 Å². The van der Waals surface area contributed by atoms with Gasteiger partial charge in [0.15, 0.2) is 0 Å². The van der Waals surface area contributed by atoms with E-state index >= 15 is 0 Å². The predicted molar refractivity (Wildman–Crippen MR) is 142 cm³/mol. The van der Waals surface area contributed by atoms with E-state index in [4.69, 9.17) is 4.98 Å². The molecule has 1 heterocycles. The summed E-state index contributed by atoms with van der Waals surface area (Å²) in [6.07, 6.45) is 0. The topological polar surface area (TPSA) is 12.9 Å². The summed E-state index contributed by atoms with van der Waals surface area (Å²) >= 11 is 3.56. The highest BCUT2D eigenvalue weighted by Crippen LogP contribution is 2.38. The van der Waals surface area contributed by atoms with Crippen LogP contribution in [0.1, 0.15) is 101 Å². The maximum Gasteiger partial charge on any atom is 0.102 e. The summed E-state index contributed by atoms with van der Waals surface area (Å²) in [5.41, 5.74) is 5.63. The normalized spacial score (nSPS) is 11.9. The van der Waals surface area contributed by atoms with Crippen molar-refractivity contribution in [1.29, 1.82) is 0 Å². The Morgan fingerprint density at radius 1 is 0.531 bits per heavy atom. The van der Waals surface area contributed by atoms with Crippen molar-refractivity contribution in [2.75, 3.05) is 0 Å². The van der Waals surface area contributed by atoms with Gasteiger partial charge >= 0.3 is 0 Å². The first-order valence-electron chi connectivity index (χ1n) is 11.8. The minimum absolute atomic E-state index is 0.488. The standard InChI is InChI=1S/C29H37NS2/c1-18(2)22-12-14-26(24(16-22)20(5)6)31-28-10-9-11-29(30-28)32-27-15-13-23(19(3)4)17-25(27)21(7)8/h9-21H,1-8H3. The average Bonchev–Trinajstić information content (AvgIpc) is 2.74. The molecule has 0 saturated heterocycles. The zero-order chi connectivity index (χ0) is 23.4. The van der Waals surface area contributed by atoms with Crippen LogP contribution in [0, 0.1) is 0 Å². The molecule has 32 heavy (non-hydrogen) atoms. The molecule has 0 atom stereocenters. The minimum atomic E-state index is 0.488. The zero-order valence-electron chi connectivity index (χ0n) is 20.8. The van der Waals surface area contributed by atoms with Crippen molar-refractivity contribution < 1.29 is 0 Å². The van der Waals surface area contributed by atoms with E-state index in [1.807, 2.05) is 0 Å². The monoisotopic (exact) mass is 463 g/mol. The molecule has 0 aliphatic rings. The Balaban J connectivity index is 1.87. The van der Waals surface area contributed by atoms with Gasteiger partial charge in [0.05, 0.1) is 0 Å². The van der Waals surface area contributed by atoms with Crippen LogP contribution >= 0.6 is 23.5 Å². The first kappa shape index (κ1) is 24.9. The zero-order valence-corrected chi connectivity index (χ0v) is 22.4. The molecule has 0 saturated carbocycles. The molecule has 3 rings (SSSR count). The molecule has 0 amide bonds. The van der Waals surface area contributed by atoms with E-state index in [1.165, 1.54) is 32.0 Å². The van der Waals surface area contributed by atoms with Crippen LogP contribution in [0.15, 0.2) is 74.4 Å². The van der Waals surface area contributed by atoms with Gasteiger partial charge in [-0.3, -0.25) is 0 Å². The van der Waals surface area contributed by atoms with Gasteiger partial charge in [-0.25, -0.2) is 4.98 Å². The van der Waals surface area contributed by atoms with Gasteiger partial charge in [0.2, 0.25) is 0 Å².